The van der Waals surface area contributed by atoms with Crippen molar-refractivity contribution in [3.05, 3.63) is 0 Å². The van der Waals surface area contributed by atoms with Gasteiger partial charge in [-0.15, -0.1) is 0 Å². The molecule has 1 atom stereocenters. The van der Waals surface area contributed by atoms with E-state index in [1.165, 1.54) is 0 Å². The molecule has 1 rings (SSSR count). The Hall–Kier alpha value is -1.14. The van der Waals surface area contributed by atoms with Crippen molar-refractivity contribution in [3.8, 4) is 0 Å². The van der Waals surface area contributed by atoms with Crippen molar-refractivity contribution in [1.29, 1.82) is 0 Å². The Labute approximate surface area is 133 Å². The minimum Gasteiger partial charge on any atom is -0.463 e. The maximum atomic E-state index is 11.6. The van der Waals surface area contributed by atoms with Crippen molar-refractivity contribution in [2.75, 3.05) is 19.7 Å². The number of esters is 1. The molecule has 0 aromatic carbocycles. The summed E-state index contributed by atoms with van der Waals surface area (Å²) in [6.45, 7) is 6.68. The Morgan fingerprint density at radius 2 is 2.05 bits per heavy atom. The van der Waals surface area contributed by atoms with Crippen molar-refractivity contribution >= 4 is 11.9 Å². The zero-order valence-corrected chi connectivity index (χ0v) is 14.0. The lowest BCUT2D eigenvalue weighted by Crippen LogP contribution is -2.51. The molecule has 0 heterocycles. The number of aliphatic hydroxyl groups excluding tert-OH is 1. The molecule has 0 bridgehead atoms. The van der Waals surface area contributed by atoms with E-state index in [4.69, 9.17) is 4.74 Å². The third kappa shape index (κ3) is 7.22. The number of nitrogens with one attached hydrogen (secondary N) is 2. The summed E-state index contributed by atoms with van der Waals surface area (Å²) in [5.74, 6) is -0.130. The molecule has 1 aliphatic carbocycles. The highest BCUT2D eigenvalue weighted by molar-refractivity contribution is 5.75. The lowest BCUT2D eigenvalue weighted by molar-refractivity contribution is -0.154. The summed E-state index contributed by atoms with van der Waals surface area (Å²) < 4.78 is 5.10. The molecule has 0 radical (unpaired) electrons. The van der Waals surface area contributed by atoms with Crippen molar-refractivity contribution in [2.45, 2.75) is 64.5 Å². The highest BCUT2D eigenvalue weighted by atomic mass is 16.5. The second kappa shape index (κ2) is 9.10. The highest BCUT2D eigenvalue weighted by Crippen LogP contribution is 2.27. The van der Waals surface area contributed by atoms with Crippen LogP contribution in [-0.4, -0.2) is 48.3 Å². The molecule has 6 nitrogen and oxygen atoms in total. The molecular formula is C16H30N2O4. The predicted molar refractivity (Wildman–Crippen MR) is 84.3 cm³/mol. The molecule has 1 unspecified atom stereocenters. The maximum absolute atomic E-state index is 11.6. The standard InChI is InChI=1S/C16H30N2O4/c1-4-6-14(20)17-11-16(2,3)18-9-13(19)10-22-15(21)12-7-5-8-12/h12-13,18-19H,4-11H2,1-3H3,(H,17,20). The molecular weight excluding hydrogens is 284 g/mol. The van der Waals surface area contributed by atoms with E-state index in [2.05, 4.69) is 10.6 Å². The quantitative estimate of drug-likeness (QED) is 0.523. The molecule has 1 amide bonds. The van der Waals surface area contributed by atoms with Gasteiger partial charge in [0, 0.05) is 25.0 Å². The van der Waals surface area contributed by atoms with Gasteiger partial charge in [-0.05, 0) is 33.1 Å². The van der Waals surface area contributed by atoms with Crippen molar-refractivity contribution in [3.63, 3.8) is 0 Å². The van der Waals surface area contributed by atoms with Crippen LogP contribution in [0.25, 0.3) is 0 Å². The smallest absolute Gasteiger partial charge is 0.309 e. The average Bonchev–Trinajstić information content (AvgIpc) is 2.39. The van der Waals surface area contributed by atoms with Gasteiger partial charge in [-0.1, -0.05) is 13.3 Å². The molecule has 128 valence electrons. The number of carbonyl (C=O) groups is 2. The van der Waals surface area contributed by atoms with E-state index in [0.29, 0.717) is 19.5 Å². The van der Waals surface area contributed by atoms with E-state index in [9.17, 15) is 14.7 Å². The fourth-order valence-electron chi connectivity index (χ4n) is 2.09. The van der Waals surface area contributed by atoms with Crippen molar-refractivity contribution in [1.82, 2.24) is 10.6 Å². The van der Waals surface area contributed by atoms with Gasteiger partial charge in [-0.3, -0.25) is 9.59 Å². The Bertz CT molecular complexity index is 367. The van der Waals surface area contributed by atoms with Crippen LogP contribution >= 0.6 is 0 Å². The average molecular weight is 314 g/mol. The summed E-state index contributed by atoms with van der Waals surface area (Å²) in [5, 5.41) is 15.9. The Morgan fingerprint density at radius 3 is 2.59 bits per heavy atom. The minimum atomic E-state index is -0.741. The fraction of sp³-hybridized carbons (Fsp3) is 0.875. The summed E-state index contributed by atoms with van der Waals surface area (Å²) in [4.78, 5) is 23.0. The van der Waals surface area contributed by atoms with Crippen LogP contribution in [0.5, 0.6) is 0 Å². The topological polar surface area (TPSA) is 87.7 Å². The Balaban J connectivity index is 2.16. The largest absolute Gasteiger partial charge is 0.463 e. The zero-order valence-electron chi connectivity index (χ0n) is 14.0. The van der Waals surface area contributed by atoms with Gasteiger partial charge < -0.3 is 20.5 Å². The molecule has 3 N–H and O–H groups in total. The van der Waals surface area contributed by atoms with E-state index < -0.39 is 6.10 Å². The normalized spacial score (nSPS) is 16.7. The SMILES string of the molecule is CCCC(=O)NCC(C)(C)NCC(O)COC(=O)C1CCC1. The van der Waals surface area contributed by atoms with Crippen LogP contribution in [0.15, 0.2) is 0 Å². The van der Waals surface area contributed by atoms with E-state index in [-0.39, 0.29) is 29.9 Å². The van der Waals surface area contributed by atoms with Crippen LogP contribution in [0.2, 0.25) is 0 Å². The highest BCUT2D eigenvalue weighted by Gasteiger charge is 2.27. The predicted octanol–water partition coefficient (Wildman–Crippen LogP) is 0.975. The van der Waals surface area contributed by atoms with Gasteiger partial charge in [0.1, 0.15) is 12.7 Å². The Morgan fingerprint density at radius 1 is 1.36 bits per heavy atom. The number of hydrogen-bond acceptors (Lipinski definition) is 5. The monoisotopic (exact) mass is 314 g/mol. The van der Waals surface area contributed by atoms with Gasteiger partial charge in [0.25, 0.3) is 0 Å². The molecule has 22 heavy (non-hydrogen) atoms. The van der Waals surface area contributed by atoms with Gasteiger partial charge >= 0.3 is 5.97 Å². The summed E-state index contributed by atoms with van der Waals surface area (Å²) >= 11 is 0. The molecule has 1 aliphatic rings. The lowest BCUT2D eigenvalue weighted by atomic mass is 9.86. The number of β-amino-alcohol motifs (C(OH)–C–C–N with tert-alkyl or cyclic N) is 1. The number of rotatable bonds is 10. The summed E-state index contributed by atoms with van der Waals surface area (Å²) in [6.07, 6.45) is 3.49. The van der Waals surface area contributed by atoms with E-state index >= 15 is 0 Å². The van der Waals surface area contributed by atoms with Crippen molar-refractivity contribution < 1.29 is 19.4 Å². The summed E-state index contributed by atoms with van der Waals surface area (Å²) in [7, 11) is 0. The molecule has 0 aliphatic heterocycles. The molecule has 0 saturated heterocycles. The Kier molecular flexibility index (Phi) is 7.82. The number of aliphatic hydroxyl groups is 1. The summed E-state index contributed by atoms with van der Waals surface area (Å²) in [5.41, 5.74) is -0.331. The van der Waals surface area contributed by atoms with Crippen molar-refractivity contribution in [2.24, 2.45) is 5.92 Å². The van der Waals surface area contributed by atoms with Crippen LogP contribution in [0.4, 0.5) is 0 Å². The van der Waals surface area contributed by atoms with Gasteiger partial charge in [-0.2, -0.15) is 0 Å². The molecule has 0 aromatic heterocycles. The first-order valence-corrected chi connectivity index (χ1v) is 8.20. The van der Waals surface area contributed by atoms with Crippen LogP contribution in [-0.2, 0) is 14.3 Å². The first-order valence-electron chi connectivity index (χ1n) is 8.20. The second-order valence-electron chi connectivity index (χ2n) is 6.70. The van der Waals surface area contributed by atoms with Crippen LogP contribution in [0.3, 0.4) is 0 Å². The first-order chi connectivity index (χ1) is 10.3. The van der Waals surface area contributed by atoms with Crippen LogP contribution in [0.1, 0.15) is 52.9 Å². The lowest BCUT2D eigenvalue weighted by Gasteiger charge is -2.28. The molecule has 1 saturated carbocycles. The number of ether oxygens (including phenoxy) is 1. The fourth-order valence-corrected chi connectivity index (χ4v) is 2.09. The minimum absolute atomic E-state index is 0.0145. The van der Waals surface area contributed by atoms with E-state index in [1.54, 1.807) is 0 Å². The third-order valence-electron chi connectivity index (χ3n) is 3.88. The first kappa shape index (κ1) is 18.9. The van der Waals surface area contributed by atoms with Crippen LogP contribution < -0.4 is 10.6 Å². The van der Waals surface area contributed by atoms with Gasteiger partial charge in [0.15, 0.2) is 0 Å². The van der Waals surface area contributed by atoms with E-state index in [1.807, 2.05) is 20.8 Å². The molecule has 1 fully saturated rings. The second-order valence-corrected chi connectivity index (χ2v) is 6.70. The van der Waals surface area contributed by atoms with Gasteiger partial charge in [0.2, 0.25) is 5.91 Å². The zero-order chi connectivity index (χ0) is 16.6. The van der Waals surface area contributed by atoms with Crippen LogP contribution in [0, 0.1) is 5.92 Å². The molecule has 0 spiro atoms. The maximum Gasteiger partial charge on any atom is 0.309 e. The van der Waals surface area contributed by atoms with E-state index in [0.717, 1.165) is 25.7 Å². The number of carbonyl (C=O) groups excluding carboxylic acids is 2. The summed E-state index contributed by atoms with van der Waals surface area (Å²) in [6, 6.07) is 0. The molecule has 0 aromatic rings. The molecule has 6 heteroatoms. The third-order valence-corrected chi connectivity index (χ3v) is 3.88. The van der Waals surface area contributed by atoms with Gasteiger partial charge in [0.05, 0.1) is 5.92 Å². The van der Waals surface area contributed by atoms with Gasteiger partial charge in [-0.25, -0.2) is 0 Å². The number of hydrogen-bond donors (Lipinski definition) is 3. The number of amides is 1.